The summed E-state index contributed by atoms with van der Waals surface area (Å²) in [4.78, 5) is 2.37. The minimum atomic E-state index is 0.485. The van der Waals surface area contributed by atoms with Crippen molar-refractivity contribution in [2.24, 2.45) is 0 Å². The van der Waals surface area contributed by atoms with Crippen LogP contribution in [-0.2, 0) is 9.47 Å². The van der Waals surface area contributed by atoms with E-state index in [0.717, 1.165) is 13.1 Å². The van der Waals surface area contributed by atoms with Crippen molar-refractivity contribution in [3.63, 3.8) is 0 Å². The first kappa shape index (κ1) is 16.4. The second-order valence-electron chi connectivity index (χ2n) is 4.09. The maximum Gasteiger partial charge on any atom is 0.109 e. The van der Waals surface area contributed by atoms with Crippen LogP contribution >= 0.6 is 0 Å². The van der Waals surface area contributed by atoms with Gasteiger partial charge >= 0.3 is 0 Å². The molecule has 0 rings (SSSR count). The summed E-state index contributed by atoms with van der Waals surface area (Å²) in [5.74, 6) is 5.81. The molecule has 0 aromatic heterocycles. The SMILES string of the molecule is CCCCN(CCCC)COCC#CCOC. The van der Waals surface area contributed by atoms with E-state index >= 15 is 0 Å². The zero-order valence-corrected chi connectivity index (χ0v) is 11.6. The Hall–Kier alpha value is -0.560. The van der Waals surface area contributed by atoms with Gasteiger partial charge in [0.2, 0.25) is 0 Å². The summed E-state index contributed by atoms with van der Waals surface area (Å²) in [7, 11) is 1.65. The van der Waals surface area contributed by atoms with E-state index in [4.69, 9.17) is 9.47 Å². The van der Waals surface area contributed by atoms with E-state index in [1.807, 2.05) is 0 Å². The van der Waals surface area contributed by atoms with Gasteiger partial charge in [0.15, 0.2) is 0 Å². The lowest BCUT2D eigenvalue weighted by Gasteiger charge is -2.21. The highest BCUT2D eigenvalue weighted by atomic mass is 16.5. The molecule has 0 aliphatic carbocycles. The molecule has 0 spiro atoms. The molecule has 17 heavy (non-hydrogen) atoms. The maximum absolute atomic E-state index is 5.53. The van der Waals surface area contributed by atoms with E-state index in [1.165, 1.54) is 25.7 Å². The third-order valence-corrected chi connectivity index (χ3v) is 2.45. The maximum atomic E-state index is 5.53. The largest absolute Gasteiger partial charge is 0.372 e. The normalized spacial score (nSPS) is 10.4. The third-order valence-electron chi connectivity index (χ3n) is 2.45. The molecule has 0 amide bonds. The molecule has 0 fully saturated rings. The molecule has 0 atom stereocenters. The van der Waals surface area contributed by atoms with Gasteiger partial charge in [0.1, 0.15) is 19.9 Å². The van der Waals surface area contributed by atoms with Crippen LogP contribution in [0.3, 0.4) is 0 Å². The van der Waals surface area contributed by atoms with Gasteiger partial charge in [-0.1, -0.05) is 38.5 Å². The predicted molar refractivity (Wildman–Crippen MR) is 71.9 cm³/mol. The van der Waals surface area contributed by atoms with Gasteiger partial charge in [0.25, 0.3) is 0 Å². The van der Waals surface area contributed by atoms with Gasteiger partial charge in [-0.15, -0.1) is 0 Å². The van der Waals surface area contributed by atoms with Gasteiger partial charge in [-0.25, -0.2) is 0 Å². The number of unbranched alkanes of at least 4 members (excludes halogenated alkanes) is 2. The van der Waals surface area contributed by atoms with Crippen LogP contribution in [0, 0.1) is 11.8 Å². The number of methoxy groups -OCH3 is 1. The lowest BCUT2D eigenvalue weighted by atomic mass is 10.3. The molecule has 3 nitrogen and oxygen atoms in total. The van der Waals surface area contributed by atoms with Crippen molar-refractivity contribution in [1.29, 1.82) is 0 Å². The van der Waals surface area contributed by atoms with Crippen molar-refractivity contribution in [3.05, 3.63) is 0 Å². The monoisotopic (exact) mass is 241 g/mol. The van der Waals surface area contributed by atoms with Crippen LogP contribution < -0.4 is 0 Å². The molecule has 0 aliphatic rings. The van der Waals surface area contributed by atoms with E-state index in [9.17, 15) is 0 Å². The Bertz CT molecular complexity index is 200. The Morgan fingerprint density at radius 3 is 2.06 bits per heavy atom. The van der Waals surface area contributed by atoms with Crippen LogP contribution in [0.15, 0.2) is 0 Å². The van der Waals surface area contributed by atoms with E-state index in [1.54, 1.807) is 7.11 Å². The van der Waals surface area contributed by atoms with Crippen LogP contribution in [0.1, 0.15) is 39.5 Å². The molecule has 0 N–H and O–H groups in total. The van der Waals surface area contributed by atoms with Crippen molar-refractivity contribution in [2.45, 2.75) is 39.5 Å². The second kappa shape index (κ2) is 13.5. The van der Waals surface area contributed by atoms with Crippen LogP contribution in [0.25, 0.3) is 0 Å². The Morgan fingerprint density at radius 1 is 0.941 bits per heavy atom. The summed E-state index contributed by atoms with van der Waals surface area (Å²) in [5, 5.41) is 0. The van der Waals surface area contributed by atoms with Crippen LogP contribution in [0.2, 0.25) is 0 Å². The first-order chi connectivity index (χ1) is 8.35. The topological polar surface area (TPSA) is 21.7 Å². The molecule has 0 saturated heterocycles. The summed E-state index contributed by atoms with van der Waals surface area (Å²) in [6.45, 7) is 8.37. The minimum Gasteiger partial charge on any atom is -0.372 e. The Balaban J connectivity index is 3.63. The van der Waals surface area contributed by atoms with Gasteiger partial charge < -0.3 is 9.47 Å². The number of hydrogen-bond donors (Lipinski definition) is 0. The Kier molecular flexibility index (Phi) is 13.1. The molecule has 0 heterocycles. The van der Waals surface area contributed by atoms with E-state index in [0.29, 0.717) is 19.9 Å². The number of rotatable bonds is 10. The van der Waals surface area contributed by atoms with Crippen molar-refractivity contribution in [2.75, 3.05) is 40.1 Å². The van der Waals surface area contributed by atoms with E-state index < -0.39 is 0 Å². The lowest BCUT2D eigenvalue weighted by Crippen LogP contribution is -2.28. The van der Waals surface area contributed by atoms with Gasteiger partial charge in [-0.3, -0.25) is 4.90 Å². The average Bonchev–Trinajstić information content (AvgIpc) is 2.35. The highest BCUT2D eigenvalue weighted by Crippen LogP contribution is 1.99. The zero-order chi connectivity index (χ0) is 12.8. The third kappa shape index (κ3) is 11.7. The molecule has 3 heteroatoms. The molecule has 0 aromatic carbocycles. The summed E-state index contributed by atoms with van der Waals surface area (Å²) in [5.41, 5.74) is 0. The summed E-state index contributed by atoms with van der Waals surface area (Å²) in [6, 6.07) is 0. The van der Waals surface area contributed by atoms with Gasteiger partial charge in [0, 0.05) is 20.2 Å². The summed E-state index contributed by atoms with van der Waals surface area (Å²) >= 11 is 0. The fourth-order valence-electron chi connectivity index (χ4n) is 1.40. The minimum absolute atomic E-state index is 0.485. The van der Waals surface area contributed by atoms with Crippen molar-refractivity contribution in [3.8, 4) is 11.8 Å². The molecule has 0 radical (unpaired) electrons. The molecular weight excluding hydrogens is 214 g/mol. The van der Waals surface area contributed by atoms with E-state index in [-0.39, 0.29) is 0 Å². The highest BCUT2D eigenvalue weighted by molar-refractivity contribution is 4.98. The number of nitrogens with zero attached hydrogens (tertiary/aromatic N) is 1. The quantitative estimate of drug-likeness (QED) is 0.333. The number of hydrogen-bond acceptors (Lipinski definition) is 3. The van der Waals surface area contributed by atoms with Crippen LogP contribution in [0.4, 0.5) is 0 Å². The summed E-state index contributed by atoms with van der Waals surface area (Å²) < 4.78 is 10.4. The molecular formula is C14H27NO2. The second-order valence-corrected chi connectivity index (χ2v) is 4.09. The van der Waals surface area contributed by atoms with Crippen LogP contribution in [0.5, 0.6) is 0 Å². The van der Waals surface area contributed by atoms with Gasteiger partial charge in [0.05, 0.1) is 0 Å². The first-order valence-corrected chi connectivity index (χ1v) is 6.59. The standard InChI is InChI=1S/C14H27NO2/c1-4-6-10-15(11-7-5-2)14-17-13-9-8-12-16-3/h4-7,10-14H2,1-3H3. The van der Waals surface area contributed by atoms with Crippen LogP contribution in [-0.4, -0.2) is 45.0 Å². The predicted octanol–water partition coefficient (Wildman–Crippen LogP) is 2.51. The van der Waals surface area contributed by atoms with Crippen molar-refractivity contribution < 1.29 is 9.47 Å². The average molecular weight is 241 g/mol. The fraction of sp³-hybridized carbons (Fsp3) is 0.857. The lowest BCUT2D eigenvalue weighted by molar-refractivity contribution is 0.0444. The fourth-order valence-corrected chi connectivity index (χ4v) is 1.40. The van der Waals surface area contributed by atoms with Crippen molar-refractivity contribution in [1.82, 2.24) is 4.90 Å². The highest BCUT2D eigenvalue weighted by Gasteiger charge is 2.02. The van der Waals surface area contributed by atoms with Gasteiger partial charge in [-0.05, 0) is 12.8 Å². The molecule has 0 aromatic rings. The summed E-state index contributed by atoms with van der Waals surface area (Å²) in [6.07, 6.45) is 4.94. The van der Waals surface area contributed by atoms with Gasteiger partial charge in [-0.2, -0.15) is 0 Å². The number of ether oxygens (including phenoxy) is 2. The van der Waals surface area contributed by atoms with E-state index in [2.05, 4.69) is 30.6 Å². The first-order valence-electron chi connectivity index (χ1n) is 6.59. The molecule has 100 valence electrons. The smallest absolute Gasteiger partial charge is 0.109 e. The van der Waals surface area contributed by atoms with Crippen molar-refractivity contribution >= 4 is 0 Å². The molecule has 0 aliphatic heterocycles. The molecule has 0 bridgehead atoms. The Labute approximate surface area is 106 Å². The Morgan fingerprint density at radius 2 is 1.53 bits per heavy atom. The zero-order valence-electron chi connectivity index (χ0n) is 11.6. The molecule has 0 unspecified atom stereocenters. The molecule has 0 saturated carbocycles.